The summed E-state index contributed by atoms with van der Waals surface area (Å²) in [6.45, 7) is 0.857. The van der Waals surface area contributed by atoms with E-state index in [0.717, 1.165) is 10.8 Å². The maximum Gasteiger partial charge on any atom is 0.263 e. The number of furan rings is 1. The molecule has 0 unspecified atom stereocenters. The Balaban J connectivity index is 1.33. The zero-order valence-electron chi connectivity index (χ0n) is 16.2. The molecule has 1 amide bonds. The molecule has 156 valence electrons. The summed E-state index contributed by atoms with van der Waals surface area (Å²) in [5, 5.41) is 5.56. The van der Waals surface area contributed by atoms with Crippen molar-refractivity contribution in [2.24, 2.45) is 5.16 Å². The number of rotatable bonds is 6. The number of hydrogen-bond acceptors (Lipinski definition) is 6. The lowest BCUT2D eigenvalue weighted by molar-refractivity contribution is -0.137. The first-order chi connectivity index (χ1) is 14.5. The predicted octanol–water partition coefficient (Wildman–Crippen LogP) is 2.32. The van der Waals surface area contributed by atoms with E-state index in [9.17, 15) is 13.2 Å². The summed E-state index contributed by atoms with van der Waals surface area (Å²) < 4.78 is 32.5. The van der Waals surface area contributed by atoms with Crippen LogP contribution in [0.5, 0.6) is 0 Å². The molecule has 8 nitrogen and oxygen atoms in total. The van der Waals surface area contributed by atoms with Crippen molar-refractivity contribution in [1.29, 1.82) is 0 Å². The van der Waals surface area contributed by atoms with E-state index in [4.69, 9.17) is 9.25 Å². The van der Waals surface area contributed by atoms with Gasteiger partial charge >= 0.3 is 0 Å². The van der Waals surface area contributed by atoms with Crippen molar-refractivity contribution < 1.29 is 22.5 Å². The Morgan fingerprint density at radius 2 is 1.80 bits per heavy atom. The Morgan fingerprint density at radius 1 is 1.03 bits per heavy atom. The maximum atomic E-state index is 13.0. The molecule has 0 N–H and O–H groups in total. The van der Waals surface area contributed by atoms with Crippen LogP contribution in [0.3, 0.4) is 0 Å². The van der Waals surface area contributed by atoms with Gasteiger partial charge < -0.3 is 14.2 Å². The lowest BCUT2D eigenvalue weighted by Crippen LogP contribution is -2.51. The second-order valence-electron chi connectivity index (χ2n) is 6.82. The average molecular weight is 427 g/mol. The highest BCUT2D eigenvalue weighted by atomic mass is 32.2. The first kappa shape index (κ1) is 20.1. The number of carbonyl (C=O) groups excluding carboxylic acids is 1. The first-order valence-electron chi connectivity index (χ1n) is 9.49. The Bertz CT molecular complexity index is 1150. The van der Waals surface area contributed by atoms with Crippen LogP contribution in [0.2, 0.25) is 0 Å². The molecule has 0 atom stereocenters. The van der Waals surface area contributed by atoms with Gasteiger partial charge in [0.2, 0.25) is 10.0 Å². The topological polar surface area (TPSA) is 92.4 Å². The molecule has 0 spiro atoms. The Hall–Kier alpha value is -3.17. The lowest BCUT2D eigenvalue weighted by atomic mass is 10.1. The van der Waals surface area contributed by atoms with Crippen LogP contribution in [-0.2, 0) is 19.7 Å². The van der Waals surface area contributed by atoms with Gasteiger partial charge in [-0.3, -0.25) is 4.79 Å². The number of sulfonamides is 1. The van der Waals surface area contributed by atoms with E-state index in [2.05, 4.69) is 5.16 Å². The standard InChI is InChI=1S/C21H21N3O5S/c25-21(16-29-22-15-19-6-3-13-28-19)23-9-11-24(12-10-23)30(26,27)20-8-7-17-4-1-2-5-18(17)14-20/h1-8,13-15H,9-12,16H2. The van der Waals surface area contributed by atoms with Crippen LogP contribution in [0.15, 0.2) is 75.3 Å². The Kier molecular flexibility index (Phi) is 5.82. The predicted molar refractivity (Wildman–Crippen MR) is 112 cm³/mol. The molecule has 2 aromatic carbocycles. The molecule has 0 saturated carbocycles. The highest BCUT2D eigenvalue weighted by Crippen LogP contribution is 2.22. The van der Waals surface area contributed by atoms with Gasteiger partial charge in [-0.25, -0.2) is 8.42 Å². The van der Waals surface area contributed by atoms with Crippen molar-refractivity contribution in [3.05, 3.63) is 66.6 Å². The van der Waals surface area contributed by atoms with Crippen molar-refractivity contribution in [2.75, 3.05) is 32.8 Å². The second kappa shape index (κ2) is 8.68. The monoisotopic (exact) mass is 427 g/mol. The number of hydrogen-bond donors (Lipinski definition) is 0. The van der Waals surface area contributed by atoms with E-state index in [0.29, 0.717) is 18.8 Å². The van der Waals surface area contributed by atoms with Crippen molar-refractivity contribution in [3.8, 4) is 0 Å². The molecule has 3 aromatic rings. The summed E-state index contributed by atoms with van der Waals surface area (Å²) in [4.78, 5) is 19.1. The van der Waals surface area contributed by atoms with Gasteiger partial charge in [-0.2, -0.15) is 4.31 Å². The van der Waals surface area contributed by atoms with Crippen molar-refractivity contribution in [2.45, 2.75) is 4.90 Å². The number of nitrogens with zero attached hydrogens (tertiary/aromatic N) is 3. The minimum absolute atomic E-state index is 0.214. The third kappa shape index (κ3) is 4.37. The largest absolute Gasteiger partial charge is 0.463 e. The van der Waals surface area contributed by atoms with E-state index in [1.807, 2.05) is 30.3 Å². The van der Waals surface area contributed by atoms with Gasteiger partial charge in [-0.15, -0.1) is 0 Å². The van der Waals surface area contributed by atoms with Crippen LogP contribution in [0, 0.1) is 0 Å². The lowest BCUT2D eigenvalue weighted by Gasteiger charge is -2.33. The van der Waals surface area contributed by atoms with Gasteiger partial charge in [0, 0.05) is 26.2 Å². The minimum Gasteiger partial charge on any atom is -0.463 e. The fourth-order valence-electron chi connectivity index (χ4n) is 3.29. The summed E-state index contributed by atoms with van der Waals surface area (Å²) in [6.07, 6.45) is 2.89. The van der Waals surface area contributed by atoms with Gasteiger partial charge in [0.05, 0.1) is 11.2 Å². The minimum atomic E-state index is -3.62. The van der Waals surface area contributed by atoms with E-state index in [1.165, 1.54) is 16.8 Å². The number of carbonyl (C=O) groups is 1. The molecule has 0 bridgehead atoms. The number of benzene rings is 2. The molecule has 2 heterocycles. The summed E-state index contributed by atoms with van der Waals surface area (Å²) in [5.74, 6) is 0.282. The third-order valence-corrected chi connectivity index (χ3v) is 6.83. The number of oxime groups is 1. The van der Waals surface area contributed by atoms with Crippen LogP contribution in [-0.4, -0.2) is 62.5 Å². The molecule has 1 aromatic heterocycles. The van der Waals surface area contributed by atoms with Gasteiger partial charge in [0.15, 0.2) is 6.61 Å². The number of amides is 1. The number of piperazine rings is 1. The molecule has 1 aliphatic rings. The number of fused-ring (bicyclic) bond motifs is 1. The van der Waals surface area contributed by atoms with Crippen molar-refractivity contribution in [1.82, 2.24) is 9.21 Å². The van der Waals surface area contributed by atoms with Crippen molar-refractivity contribution >= 4 is 32.9 Å². The molecule has 1 aliphatic heterocycles. The average Bonchev–Trinajstić information content (AvgIpc) is 3.30. The maximum absolute atomic E-state index is 13.0. The van der Waals surface area contributed by atoms with E-state index in [1.54, 1.807) is 29.2 Å². The second-order valence-corrected chi connectivity index (χ2v) is 8.76. The summed E-state index contributed by atoms with van der Waals surface area (Å²) in [6, 6.07) is 16.2. The highest BCUT2D eigenvalue weighted by Gasteiger charge is 2.30. The molecular formula is C21H21N3O5S. The van der Waals surface area contributed by atoms with Crippen LogP contribution < -0.4 is 0 Å². The summed E-state index contributed by atoms with van der Waals surface area (Å²) in [5.41, 5.74) is 0. The molecular weight excluding hydrogens is 406 g/mol. The zero-order chi connectivity index (χ0) is 21.0. The van der Waals surface area contributed by atoms with Crippen molar-refractivity contribution in [3.63, 3.8) is 0 Å². The summed E-state index contributed by atoms with van der Waals surface area (Å²) in [7, 11) is -3.62. The van der Waals surface area contributed by atoms with E-state index in [-0.39, 0.29) is 30.5 Å². The van der Waals surface area contributed by atoms with E-state index < -0.39 is 10.0 Å². The molecule has 30 heavy (non-hydrogen) atoms. The summed E-state index contributed by atoms with van der Waals surface area (Å²) >= 11 is 0. The fourth-order valence-corrected chi connectivity index (χ4v) is 4.75. The highest BCUT2D eigenvalue weighted by molar-refractivity contribution is 7.89. The smallest absolute Gasteiger partial charge is 0.263 e. The molecule has 0 aliphatic carbocycles. The third-order valence-electron chi connectivity index (χ3n) is 4.94. The molecule has 4 rings (SSSR count). The van der Waals surface area contributed by atoms with Gasteiger partial charge in [-0.1, -0.05) is 35.5 Å². The van der Waals surface area contributed by atoms with Gasteiger partial charge in [-0.05, 0) is 35.0 Å². The molecule has 0 radical (unpaired) electrons. The molecule has 1 fully saturated rings. The van der Waals surface area contributed by atoms with Gasteiger partial charge in [0.1, 0.15) is 12.0 Å². The Morgan fingerprint density at radius 3 is 2.53 bits per heavy atom. The van der Waals surface area contributed by atoms with Crippen LogP contribution in [0.1, 0.15) is 5.76 Å². The fraction of sp³-hybridized carbons (Fsp3) is 0.238. The normalized spacial score (nSPS) is 15.7. The molecule has 9 heteroatoms. The Labute approximate surface area is 174 Å². The van der Waals surface area contributed by atoms with Crippen LogP contribution in [0.4, 0.5) is 0 Å². The van der Waals surface area contributed by atoms with Crippen LogP contribution >= 0.6 is 0 Å². The molecule has 1 saturated heterocycles. The zero-order valence-corrected chi connectivity index (χ0v) is 17.0. The quantitative estimate of drug-likeness (QED) is 0.445. The SMILES string of the molecule is O=C(CON=Cc1ccco1)N1CCN(S(=O)(=O)c2ccc3ccccc3c2)CC1. The first-order valence-corrected chi connectivity index (χ1v) is 10.9. The van der Waals surface area contributed by atoms with E-state index >= 15 is 0 Å². The van der Waals surface area contributed by atoms with Gasteiger partial charge in [0.25, 0.3) is 5.91 Å². The van der Waals surface area contributed by atoms with Crippen LogP contribution in [0.25, 0.3) is 10.8 Å².